The average Bonchev–Trinajstić information content (AvgIpc) is 3.14. The molecular formula is C50H60N2O2. The van der Waals surface area contributed by atoms with Gasteiger partial charge in [0, 0.05) is 46.4 Å². The Balaban J connectivity index is 0.000000208. The Hall–Kier alpha value is -4.61. The Labute approximate surface area is 326 Å². The van der Waals surface area contributed by atoms with Gasteiger partial charge in [-0.25, -0.2) is 4.79 Å². The zero-order valence-corrected chi connectivity index (χ0v) is 34.5. The van der Waals surface area contributed by atoms with E-state index in [0.29, 0.717) is 24.2 Å². The summed E-state index contributed by atoms with van der Waals surface area (Å²) in [5.41, 5.74) is 11.7. The van der Waals surface area contributed by atoms with Crippen molar-refractivity contribution in [2.75, 3.05) is 14.1 Å². The van der Waals surface area contributed by atoms with Crippen LogP contribution < -0.4 is 0 Å². The second-order valence-electron chi connectivity index (χ2n) is 17.2. The Morgan fingerprint density at radius 3 is 1.33 bits per heavy atom. The summed E-state index contributed by atoms with van der Waals surface area (Å²) >= 11 is 0. The third-order valence-electron chi connectivity index (χ3n) is 11.9. The number of carboxylic acids is 1. The fraction of sp³-hybridized carbons (Fsp3) is 0.420. The van der Waals surface area contributed by atoms with Crippen LogP contribution in [-0.4, -0.2) is 47.1 Å². The molecule has 2 aliphatic rings. The highest BCUT2D eigenvalue weighted by molar-refractivity contribution is 5.87. The third kappa shape index (κ3) is 9.54. The van der Waals surface area contributed by atoms with E-state index in [1.165, 1.54) is 47.1 Å². The monoisotopic (exact) mass is 720 g/mol. The van der Waals surface area contributed by atoms with Gasteiger partial charge in [-0.15, -0.1) is 0 Å². The van der Waals surface area contributed by atoms with E-state index in [1.807, 2.05) is 0 Å². The number of carboxylic acid groups (broad SMARTS) is 1. The number of benzene rings is 4. The maximum Gasteiger partial charge on any atom is 0.335 e. The topological polar surface area (TPSA) is 43.8 Å². The molecule has 1 N–H and O–H groups in total. The van der Waals surface area contributed by atoms with Crippen molar-refractivity contribution < 1.29 is 9.90 Å². The summed E-state index contributed by atoms with van der Waals surface area (Å²) < 4.78 is 0. The van der Waals surface area contributed by atoms with Gasteiger partial charge in [-0.1, -0.05) is 81.2 Å². The van der Waals surface area contributed by atoms with Gasteiger partial charge in [-0.3, -0.25) is 9.80 Å². The minimum Gasteiger partial charge on any atom is -0.478 e. The molecule has 0 bridgehead atoms. The molecule has 6 rings (SSSR count). The van der Waals surface area contributed by atoms with E-state index in [1.54, 1.807) is 24.3 Å². The van der Waals surface area contributed by atoms with Crippen LogP contribution in [0.1, 0.15) is 154 Å². The first-order valence-electron chi connectivity index (χ1n) is 19.6. The Morgan fingerprint density at radius 2 is 0.963 bits per heavy atom. The number of fused-ring (bicyclic) bond motifs is 2. The standard InChI is InChI=1S/C25H29NO2.C25H31N/c1-17(2)26(5)23-14-15-25(3,4)22-16-19(10-13-21(22)23)7-6-18-8-11-20(12-9-18)24(27)28;1-18(2)26(6)24-15-16-25(4,5)23-17-21(13-14-22(23)24)12-11-20-9-7-19(3)8-10-20/h8-13,16-17,23H,14-15H2,1-5H3,(H,27,28);7-10,13-14,17-18,24H,15-16H2,1-6H3. The highest BCUT2D eigenvalue weighted by atomic mass is 16.4. The molecule has 54 heavy (non-hydrogen) atoms. The molecule has 4 heteroatoms. The molecule has 0 aliphatic heterocycles. The summed E-state index contributed by atoms with van der Waals surface area (Å²) in [7, 11) is 4.47. The fourth-order valence-corrected chi connectivity index (χ4v) is 7.78. The number of hydrogen-bond donors (Lipinski definition) is 1. The molecule has 0 aromatic heterocycles. The number of aromatic carboxylic acids is 1. The van der Waals surface area contributed by atoms with Crippen molar-refractivity contribution in [3.63, 3.8) is 0 Å². The molecule has 2 aliphatic carbocycles. The highest BCUT2D eigenvalue weighted by Gasteiger charge is 2.36. The van der Waals surface area contributed by atoms with Crippen LogP contribution in [0.4, 0.5) is 0 Å². The van der Waals surface area contributed by atoms with Crippen molar-refractivity contribution >= 4 is 5.97 Å². The second-order valence-corrected chi connectivity index (χ2v) is 17.2. The summed E-state index contributed by atoms with van der Waals surface area (Å²) in [6.07, 6.45) is 4.78. The van der Waals surface area contributed by atoms with Crippen molar-refractivity contribution in [1.29, 1.82) is 0 Å². The van der Waals surface area contributed by atoms with Crippen LogP contribution in [0.5, 0.6) is 0 Å². The van der Waals surface area contributed by atoms with Crippen LogP contribution in [0, 0.1) is 30.6 Å². The predicted molar refractivity (Wildman–Crippen MR) is 225 cm³/mol. The molecule has 282 valence electrons. The zero-order valence-electron chi connectivity index (χ0n) is 34.5. The quantitative estimate of drug-likeness (QED) is 0.209. The Kier molecular flexibility index (Phi) is 12.6. The molecule has 2 unspecified atom stereocenters. The van der Waals surface area contributed by atoms with E-state index in [0.717, 1.165) is 28.7 Å². The van der Waals surface area contributed by atoms with Crippen molar-refractivity contribution in [3.8, 4) is 23.7 Å². The molecule has 0 saturated heterocycles. The largest absolute Gasteiger partial charge is 0.478 e. The lowest BCUT2D eigenvalue weighted by atomic mass is 9.70. The first kappa shape index (κ1) is 40.6. The molecule has 4 nitrogen and oxygen atoms in total. The summed E-state index contributed by atoms with van der Waals surface area (Å²) in [6, 6.07) is 30.6. The number of rotatable bonds is 5. The van der Waals surface area contributed by atoms with Gasteiger partial charge in [-0.2, -0.15) is 0 Å². The SMILES string of the molecule is CC(C)N(C)C1CCC(C)(C)c2cc(C#Cc3ccc(C(=O)O)cc3)ccc21.Cc1ccc(C#Cc2ccc3c(c2)C(C)(C)CCC3N(C)C(C)C)cc1. The maximum atomic E-state index is 11.0. The van der Waals surface area contributed by atoms with E-state index in [2.05, 4.69) is 171 Å². The van der Waals surface area contributed by atoms with E-state index in [9.17, 15) is 4.79 Å². The first-order chi connectivity index (χ1) is 25.5. The fourth-order valence-electron chi connectivity index (χ4n) is 7.78. The van der Waals surface area contributed by atoms with Gasteiger partial charge in [0.15, 0.2) is 0 Å². The summed E-state index contributed by atoms with van der Waals surface area (Å²) in [6.45, 7) is 20.5. The first-order valence-corrected chi connectivity index (χ1v) is 19.6. The molecule has 0 fully saturated rings. The lowest BCUT2D eigenvalue weighted by Gasteiger charge is -2.42. The number of hydrogen-bond acceptors (Lipinski definition) is 3. The summed E-state index contributed by atoms with van der Waals surface area (Å²) in [5.74, 6) is 12.2. The lowest BCUT2D eigenvalue weighted by molar-refractivity contribution is 0.0697. The molecular weight excluding hydrogens is 661 g/mol. The van der Waals surface area contributed by atoms with Gasteiger partial charge in [0.25, 0.3) is 0 Å². The molecule has 0 amide bonds. The maximum absolute atomic E-state index is 11.0. The minimum absolute atomic E-state index is 0.143. The smallest absolute Gasteiger partial charge is 0.335 e. The third-order valence-corrected chi connectivity index (χ3v) is 11.9. The van der Waals surface area contributed by atoms with E-state index in [4.69, 9.17) is 5.11 Å². The zero-order chi connectivity index (χ0) is 39.4. The summed E-state index contributed by atoms with van der Waals surface area (Å²) in [4.78, 5) is 15.9. The molecule has 0 spiro atoms. The van der Waals surface area contributed by atoms with Gasteiger partial charge < -0.3 is 5.11 Å². The lowest BCUT2D eigenvalue weighted by Crippen LogP contribution is -2.37. The molecule has 4 aromatic rings. The second kappa shape index (κ2) is 16.8. The van der Waals surface area contributed by atoms with Crippen LogP contribution in [0.15, 0.2) is 84.9 Å². The normalized spacial score (nSPS) is 18.1. The van der Waals surface area contributed by atoms with E-state index < -0.39 is 5.97 Å². The van der Waals surface area contributed by atoms with Gasteiger partial charge in [0.05, 0.1) is 5.56 Å². The Morgan fingerprint density at radius 1 is 0.611 bits per heavy atom. The molecule has 2 atom stereocenters. The van der Waals surface area contributed by atoms with Crippen LogP contribution in [0.3, 0.4) is 0 Å². The number of nitrogens with zero attached hydrogens (tertiary/aromatic N) is 2. The van der Waals surface area contributed by atoms with Crippen LogP contribution in [0.2, 0.25) is 0 Å². The predicted octanol–water partition coefficient (Wildman–Crippen LogP) is 11.1. The van der Waals surface area contributed by atoms with Crippen LogP contribution >= 0.6 is 0 Å². The van der Waals surface area contributed by atoms with Crippen molar-refractivity contribution in [3.05, 3.63) is 141 Å². The van der Waals surface area contributed by atoms with Crippen molar-refractivity contribution in [1.82, 2.24) is 9.80 Å². The van der Waals surface area contributed by atoms with Gasteiger partial charge in [0.1, 0.15) is 0 Å². The van der Waals surface area contributed by atoms with E-state index >= 15 is 0 Å². The molecule has 0 radical (unpaired) electrons. The number of carbonyl (C=O) groups is 1. The number of aryl methyl sites for hydroxylation is 1. The average molecular weight is 721 g/mol. The van der Waals surface area contributed by atoms with Crippen LogP contribution in [-0.2, 0) is 10.8 Å². The minimum atomic E-state index is -0.919. The van der Waals surface area contributed by atoms with Crippen LogP contribution in [0.25, 0.3) is 0 Å². The van der Waals surface area contributed by atoms with Crippen molar-refractivity contribution in [2.45, 2.75) is 123 Å². The molecule has 0 saturated carbocycles. The molecule has 4 aromatic carbocycles. The van der Waals surface area contributed by atoms with Gasteiger partial charge >= 0.3 is 5.97 Å². The van der Waals surface area contributed by atoms with E-state index in [-0.39, 0.29) is 16.4 Å². The Bertz CT molecular complexity index is 2060. The van der Waals surface area contributed by atoms with Gasteiger partial charge in [-0.05, 0) is 168 Å². The highest BCUT2D eigenvalue weighted by Crippen LogP contribution is 2.45. The molecule has 0 heterocycles. The van der Waals surface area contributed by atoms with Crippen molar-refractivity contribution in [2.24, 2.45) is 0 Å². The van der Waals surface area contributed by atoms with Gasteiger partial charge in [0.2, 0.25) is 0 Å². The summed E-state index contributed by atoms with van der Waals surface area (Å²) in [5, 5.41) is 9.00.